The number of phosphoric acid groups is 1. The number of carbonyl (C=O) groups is 1. The summed E-state index contributed by atoms with van der Waals surface area (Å²) >= 11 is 0. The van der Waals surface area contributed by atoms with Crippen molar-refractivity contribution in [3.8, 4) is 0 Å². The Morgan fingerprint density at radius 3 is 2.06 bits per heavy atom. The summed E-state index contributed by atoms with van der Waals surface area (Å²) in [6, 6.07) is 0. The van der Waals surface area contributed by atoms with E-state index in [1.54, 1.807) is 0 Å². The van der Waals surface area contributed by atoms with Crippen molar-refractivity contribution in [3.63, 3.8) is 0 Å². The van der Waals surface area contributed by atoms with Crippen LogP contribution in [0.25, 0.3) is 0 Å². The maximum atomic E-state index is 11.8. The summed E-state index contributed by atoms with van der Waals surface area (Å²) in [4.78, 5) is 23.4. The molecule has 0 radical (unpaired) electrons. The van der Waals surface area contributed by atoms with Gasteiger partial charge in [-0.25, -0.2) is 0 Å². The molecule has 0 saturated carbocycles. The molecule has 0 aliphatic heterocycles. The third-order valence-electron chi connectivity index (χ3n) is 4.59. The second-order valence-electron chi connectivity index (χ2n) is 9.17. The first-order valence-electron chi connectivity index (χ1n) is 12.4. The summed E-state index contributed by atoms with van der Waals surface area (Å²) in [7, 11) is 1.21. The van der Waals surface area contributed by atoms with Gasteiger partial charge in [-0.05, 0) is 44.9 Å². The average Bonchev–Trinajstić information content (AvgIpc) is 2.78. The van der Waals surface area contributed by atoms with E-state index in [0.29, 0.717) is 17.4 Å². The van der Waals surface area contributed by atoms with Crippen LogP contribution in [0.3, 0.4) is 0 Å². The molecule has 0 aromatic carbocycles. The van der Waals surface area contributed by atoms with Crippen molar-refractivity contribution in [1.29, 1.82) is 0 Å². The van der Waals surface area contributed by atoms with Crippen LogP contribution in [-0.4, -0.2) is 69.2 Å². The molecule has 0 bridgehead atoms. The van der Waals surface area contributed by atoms with Crippen LogP contribution in [0.5, 0.6) is 0 Å². The van der Waals surface area contributed by atoms with Crippen molar-refractivity contribution in [1.82, 2.24) is 0 Å². The zero-order valence-corrected chi connectivity index (χ0v) is 22.9. The zero-order chi connectivity index (χ0) is 26.4. The van der Waals surface area contributed by atoms with Gasteiger partial charge in [-0.3, -0.25) is 9.36 Å². The molecular weight excluding hydrogens is 469 g/mol. The second kappa shape index (κ2) is 20.6. The van der Waals surface area contributed by atoms with Gasteiger partial charge in [0.25, 0.3) is 7.82 Å². The van der Waals surface area contributed by atoms with Crippen molar-refractivity contribution in [2.45, 2.75) is 64.4 Å². The second-order valence-corrected chi connectivity index (χ2v) is 10.6. The third kappa shape index (κ3) is 25.4. The lowest BCUT2D eigenvalue weighted by Gasteiger charge is -2.27. The fraction of sp³-hybridized carbons (Fsp3) is 0.654. The minimum Gasteiger partial charge on any atom is -0.756 e. The third-order valence-corrected chi connectivity index (χ3v) is 5.56. The Morgan fingerprint density at radius 2 is 1.49 bits per heavy atom. The number of allylic oxidation sites excluding steroid dienone is 8. The number of unbranched alkanes of at least 4 members (excludes halogenated alkanes) is 2. The molecular formula is C26H46NO7P. The molecule has 0 aromatic heterocycles. The Morgan fingerprint density at radius 1 is 0.914 bits per heavy atom. The molecule has 0 rings (SSSR count). The smallest absolute Gasteiger partial charge is 0.305 e. The molecule has 0 saturated heterocycles. The summed E-state index contributed by atoms with van der Waals surface area (Å²) in [6.45, 7) is 1.75. The Balaban J connectivity index is 3.75. The van der Waals surface area contributed by atoms with E-state index >= 15 is 0 Å². The topological polar surface area (TPSA) is 105 Å². The summed E-state index contributed by atoms with van der Waals surface area (Å²) in [5, 5.41) is 9.78. The normalized spacial score (nSPS) is 15.5. The van der Waals surface area contributed by atoms with Gasteiger partial charge in [0, 0.05) is 6.42 Å². The predicted molar refractivity (Wildman–Crippen MR) is 139 cm³/mol. The van der Waals surface area contributed by atoms with Crippen LogP contribution in [0.15, 0.2) is 48.6 Å². The molecule has 0 spiro atoms. The first kappa shape index (κ1) is 33.5. The number of rotatable bonds is 21. The fourth-order valence-electron chi connectivity index (χ4n) is 2.58. The average molecular weight is 516 g/mol. The van der Waals surface area contributed by atoms with Gasteiger partial charge >= 0.3 is 5.97 Å². The minimum absolute atomic E-state index is 0.0176. The van der Waals surface area contributed by atoms with Gasteiger partial charge in [0.1, 0.15) is 25.9 Å². The van der Waals surface area contributed by atoms with Crippen LogP contribution in [-0.2, 0) is 23.1 Å². The maximum absolute atomic E-state index is 11.8. The highest BCUT2D eigenvalue weighted by molar-refractivity contribution is 7.45. The molecule has 0 aromatic rings. The highest BCUT2D eigenvalue weighted by atomic mass is 31.2. The van der Waals surface area contributed by atoms with E-state index in [4.69, 9.17) is 9.26 Å². The maximum Gasteiger partial charge on any atom is 0.305 e. The van der Waals surface area contributed by atoms with Gasteiger partial charge in [-0.15, -0.1) is 0 Å². The first-order chi connectivity index (χ1) is 16.6. The molecule has 0 fully saturated rings. The standard InChI is InChI=1S/C26H46NO7P/c1-5-6-7-8-9-10-11-12-13-14-15-16-17-18-19-20-26(29)32-23-25(28)24-34-35(30,31)33-22-21-27(2,3)4/h6-7,9-10,12-13,15-16,25,28H,5,8,11,14,17-24H2,1-4H3/b7-6+,10-9+,13-12+,16-15+/t25-/m1/s1. The Hall–Kier alpha value is -1.54. The number of aliphatic hydroxyl groups excluding tert-OH is 1. The molecule has 1 unspecified atom stereocenters. The van der Waals surface area contributed by atoms with E-state index in [2.05, 4.69) is 60.1 Å². The summed E-state index contributed by atoms with van der Waals surface area (Å²) in [5.41, 5.74) is 0. The molecule has 0 heterocycles. The number of likely N-dealkylation sites (N-methyl/N-ethyl adjacent to an activating group) is 1. The van der Waals surface area contributed by atoms with Gasteiger partial charge in [-0.2, -0.15) is 0 Å². The van der Waals surface area contributed by atoms with Crippen molar-refractivity contribution in [2.75, 3.05) is 47.5 Å². The molecule has 2 atom stereocenters. The monoisotopic (exact) mass is 515 g/mol. The molecule has 202 valence electrons. The van der Waals surface area contributed by atoms with Gasteiger partial charge in [0.15, 0.2) is 0 Å². The molecule has 0 aliphatic carbocycles. The first-order valence-corrected chi connectivity index (χ1v) is 13.9. The van der Waals surface area contributed by atoms with E-state index in [1.165, 1.54) is 0 Å². The highest BCUT2D eigenvalue weighted by Crippen LogP contribution is 2.38. The van der Waals surface area contributed by atoms with Crippen LogP contribution in [0.4, 0.5) is 0 Å². The number of quaternary nitrogens is 1. The van der Waals surface area contributed by atoms with Gasteiger partial charge in [0.2, 0.25) is 0 Å². The van der Waals surface area contributed by atoms with Gasteiger partial charge < -0.3 is 28.3 Å². The van der Waals surface area contributed by atoms with Crippen LogP contribution in [0.2, 0.25) is 0 Å². The Kier molecular flexibility index (Phi) is 19.7. The lowest BCUT2D eigenvalue weighted by molar-refractivity contribution is -0.870. The molecule has 35 heavy (non-hydrogen) atoms. The molecule has 0 amide bonds. The molecule has 1 N–H and O–H groups in total. The van der Waals surface area contributed by atoms with E-state index < -0.39 is 26.5 Å². The zero-order valence-electron chi connectivity index (χ0n) is 22.0. The van der Waals surface area contributed by atoms with Gasteiger partial charge in [0.05, 0.1) is 27.7 Å². The quantitative estimate of drug-likeness (QED) is 0.0791. The lowest BCUT2D eigenvalue weighted by Crippen LogP contribution is -2.37. The summed E-state index contributed by atoms with van der Waals surface area (Å²) in [5.74, 6) is -0.432. The van der Waals surface area contributed by atoms with E-state index in [1.807, 2.05) is 21.1 Å². The number of hydrogen-bond acceptors (Lipinski definition) is 7. The molecule has 0 aliphatic rings. The van der Waals surface area contributed by atoms with E-state index in [0.717, 1.165) is 38.5 Å². The SMILES string of the molecule is CC/C=C/C/C=C/C/C=C/C/C=C/CCCCC(=O)OC[C@@H](O)COP(=O)([O-])OCC[N+](C)(C)C. The number of nitrogens with zero attached hydrogens (tertiary/aromatic N) is 1. The Labute approximate surface area is 212 Å². The number of hydrogen-bond donors (Lipinski definition) is 1. The van der Waals surface area contributed by atoms with Crippen LogP contribution in [0.1, 0.15) is 58.3 Å². The van der Waals surface area contributed by atoms with Crippen molar-refractivity contribution < 1.29 is 37.6 Å². The van der Waals surface area contributed by atoms with E-state index in [-0.39, 0.29) is 19.6 Å². The van der Waals surface area contributed by atoms with Crippen molar-refractivity contribution >= 4 is 13.8 Å². The van der Waals surface area contributed by atoms with Crippen LogP contribution in [0, 0.1) is 0 Å². The lowest BCUT2D eigenvalue weighted by atomic mass is 10.2. The van der Waals surface area contributed by atoms with Gasteiger partial charge in [-0.1, -0.05) is 55.5 Å². The number of esters is 1. The predicted octanol–water partition coefficient (Wildman–Crippen LogP) is 4.46. The number of phosphoric ester groups is 1. The van der Waals surface area contributed by atoms with Crippen LogP contribution < -0.4 is 4.89 Å². The highest BCUT2D eigenvalue weighted by Gasteiger charge is 2.16. The number of ether oxygens (including phenoxy) is 1. The van der Waals surface area contributed by atoms with Crippen molar-refractivity contribution in [3.05, 3.63) is 48.6 Å². The molecule has 8 nitrogen and oxygen atoms in total. The number of aliphatic hydroxyl groups is 1. The summed E-state index contributed by atoms with van der Waals surface area (Å²) < 4.78 is 26.6. The van der Waals surface area contributed by atoms with E-state index in [9.17, 15) is 19.4 Å². The molecule has 9 heteroatoms. The Bertz CT molecular complexity index is 711. The fourth-order valence-corrected chi connectivity index (χ4v) is 3.31. The van der Waals surface area contributed by atoms with Crippen LogP contribution >= 0.6 is 7.82 Å². The minimum atomic E-state index is -4.50. The number of carbonyl (C=O) groups excluding carboxylic acids is 1. The largest absolute Gasteiger partial charge is 0.756 e. The van der Waals surface area contributed by atoms with Crippen molar-refractivity contribution in [2.24, 2.45) is 0 Å². The summed E-state index contributed by atoms with van der Waals surface area (Å²) in [6.07, 6.45) is 22.5.